The highest BCUT2D eigenvalue weighted by Gasteiger charge is 2.20. The Kier molecular flexibility index (Phi) is 4.16. The van der Waals surface area contributed by atoms with E-state index in [1.807, 2.05) is 0 Å². The number of piperazine rings is 1. The summed E-state index contributed by atoms with van der Waals surface area (Å²) < 4.78 is 0. The predicted octanol–water partition coefficient (Wildman–Crippen LogP) is 1.73. The summed E-state index contributed by atoms with van der Waals surface area (Å²) in [5.74, 6) is 0.718. The third-order valence-corrected chi connectivity index (χ3v) is 4.62. The Balaban J connectivity index is 1.74. The lowest BCUT2D eigenvalue weighted by atomic mass is 9.94. The molecule has 104 valence electrons. The molecule has 2 fully saturated rings. The van der Waals surface area contributed by atoms with Crippen LogP contribution in [0.25, 0.3) is 0 Å². The molecule has 1 aromatic carbocycles. The first-order chi connectivity index (χ1) is 9.34. The van der Waals surface area contributed by atoms with Gasteiger partial charge in [-0.15, -0.1) is 0 Å². The van der Waals surface area contributed by atoms with Crippen LogP contribution in [-0.2, 0) is 0 Å². The van der Waals surface area contributed by atoms with Crippen molar-refractivity contribution in [2.45, 2.75) is 25.3 Å². The molecule has 3 nitrogen and oxygen atoms in total. The average molecular weight is 259 g/mol. The second kappa shape index (κ2) is 6.04. The van der Waals surface area contributed by atoms with Gasteiger partial charge < -0.3 is 10.6 Å². The van der Waals surface area contributed by atoms with Crippen molar-refractivity contribution in [2.75, 3.05) is 39.3 Å². The van der Waals surface area contributed by atoms with E-state index in [-0.39, 0.29) is 0 Å². The van der Waals surface area contributed by atoms with Crippen LogP contribution < -0.4 is 10.6 Å². The van der Waals surface area contributed by atoms with E-state index < -0.39 is 0 Å². The Bertz CT molecular complexity index is 406. The van der Waals surface area contributed by atoms with Gasteiger partial charge in [-0.3, -0.25) is 4.90 Å². The highest BCUT2D eigenvalue weighted by Crippen LogP contribution is 2.27. The van der Waals surface area contributed by atoms with Crippen molar-refractivity contribution < 1.29 is 0 Å². The van der Waals surface area contributed by atoms with Gasteiger partial charge in [0.25, 0.3) is 0 Å². The van der Waals surface area contributed by atoms with Crippen molar-refractivity contribution in [3.05, 3.63) is 35.4 Å². The minimum atomic E-state index is 0.538. The van der Waals surface area contributed by atoms with Gasteiger partial charge in [-0.2, -0.15) is 0 Å². The van der Waals surface area contributed by atoms with E-state index in [4.69, 9.17) is 0 Å². The van der Waals surface area contributed by atoms with Gasteiger partial charge >= 0.3 is 0 Å². The fourth-order valence-corrected chi connectivity index (χ4v) is 3.29. The number of hydrogen-bond donors (Lipinski definition) is 2. The van der Waals surface area contributed by atoms with Crippen LogP contribution >= 0.6 is 0 Å². The van der Waals surface area contributed by atoms with E-state index in [1.54, 1.807) is 0 Å². The third kappa shape index (κ3) is 2.99. The molecule has 0 bridgehead atoms. The normalized spacial score (nSPS) is 26.5. The number of hydrogen-bond acceptors (Lipinski definition) is 3. The van der Waals surface area contributed by atoms with Gasteiger partial charge in [0.05, 0.1) is 0 Å². The van der Waals surface area contributed by atoms with Crippen LogP contribution in [0.3, 0.4) is 0 Å². The second-order valence-corrected chi connectivity index (χ2v) is 5.82. The Morgan fingerprint density at radius 3 is 2.74 bits per heavy atom. The smallest absolute Gasteiger partial charge is 0.0321 e. The molecule has 2 N–H and O–H groups in total. The van der Waals surface area contributed by atoms with Crippen LogP contribution in [0, 0.1) is 0 Å². The SMILES string of the molecule is CC(c1cccc(C2CCNC2)c1)N1CCNCC1. The van der Waals surface area contributed by atoms with Gasteiger partial charge in [-0.25, -0.2) is 0 Å². The van der Waals surface area contributed by atoms with E-state index >= 15 is 0 Å². The van der Waals surface area contributed by atoms with E-state index in [0.29, 0.717) is 6.04 Å². The quantitative estimate of drug-likeness (QED) is 0.865. The summed E-state index contributed by atoms with van der Waals surface area (Å²) in [6.07, 6.45) is 1.28. The Labute approximate surface area is 116 Å². The lowest BCUT2D eigenvalue weighted by Gasteiger charge is -2.33. The Morgan fingerprint density at radius 1 is 1.16 bits per heavy atom. The first kappa shape index (κ1) is 13.1. The van der Waals surface area contributed by atoms with Crippen molar-refractivity contribution >= 4 is 0 Å². The molecule has 0 aromatic heterocycles. The van der Waals surface area contributed by atoms with Crippen molar-refractivity contribution in [3.63, 3.8) is 0 Å². The molecule has 2 heterocycles. The van der Waals surface area contributed by atoms with Crippen molar-refractivity contribution in [2.24, 2.45) is 0 Å². The molecule has 2 aliphatic heterocycles. The first-order valence-corrected chi connectivity index (χ1v) is 7.60. The number of nitrogens with zero attached hydrogens (tertiary/aromatic N) is 1. The monoisotopic (exact) mass is 259 g/mol. The third-order valence-electron chi connectivity index (χ3n) is 4.62. The van der Waals surface area contributed by atoms with Gasteiger partial charge in [-0.1, -0.05) is 24.3 Å². The van der Waals surface area contributed by atoms with Gasteiger partial charge in [0.1, 0.15) is 0 Å². The van der Waals surface area contributed by atoms with Gasteiger partial charge in [-0.05, 0) is 36.9 Å². The van der Waals surface area contributed by atoms with Crippen LogP contribution in [0.15, 0.2) is 24.3 Å². The maximum atomic E-state index is 3.46. The second-order valence-electron chi connectivity index (χ2n) is 5.82. The maximum absolute atomic E-state index is 3.46. The summed E-state index contributed by atoms with van der Waals surface area (Å²) in [4.78, 5) is 2.59. The molecule has 2 saturated heterocycles. The van der Waals surface area contributed by atoms with Crippen molar-refractivity contribution in [3.8, 4) is 0 Å². The first-order valence-electron chi connectivity index (χ1n) is 7.60. The summed E-state index contributed by atoms with van der Waals surface area (Å²) in [7, 11) is 0. The molecule has 2 atom stereocenters. The molecule has 0 aliphatic carbocycles. The van der Waals surface area contributed by atoms with Crippen LogP contribution in [-0.4, -0.2) is 44.2 Å². The van der Waals surface area contributed by atoms with E-state index in [2.05, 4.69) is 46.7 Å². The molecule has 0 saturated carbocycles. The molecule has 0 spiro atoms. The van der Waals surface area contributed by atoms with Crippen molar-refractivity contribution in [1.29, 1.82) is 0 Å². The zero-order valence-electron chi connectivity index (χ0n) is 11.9. The largest absolute Gasteiger partial charge is 0.316 e. The number of nitrogens with one attached hydrogen (secondary N) is 2. The minimum Gasteiger partial charge on any atom is -0.316 e. The van der Waals surface area contributed by atoms with Gasteiger partial charge in [0.2, 0.25) is 0 Å². The van der Waals surface area contributed by atoms with Crippen LogP contribution in [0.1, 0.15) is 36.4 Å². The Hall–Kier alpha value is -0.900. The topological polar surface area (TPSA) is 27.3 Å². The van der Waals surface area contributed by atoms with E-state index in [9.17, 15) is 0 Å². The molecule has 3 heteroatoms. The van der Waals surface area contributed by atoms with Gasteiger partial charge in [0.15, 0.2) is 0 Å². The summed E-state index contributed by atoms with van der Waals surface area (Å²) in [6.45, 7) is 9.23. The highest BCUT2D eigenvalue weighted by molar-refractivity contribution is 5.29. The highest BCUT2D eigenvalue weighted by atomic mass is 15.2. The fraction of sp³-hybridized carbons (Fsp3) is 0.625. The zero-order chi connectivity index (χ0) is 13.1. The molecule has 1 aromatic rings. The Morgan fingerprint density at radius 2 is 2.00 bits per heavy atom. The minimum absolute atomic E-state index is 0.538. The standard InChI is InChI=1S/C16H25N3/c1-13(19-9-7-17-8-10-19)14-3-2-4-15(11-14)16-5-6-18-12-16/h2-4,11,13,16-18H,5-10,12H2,1H3. The number of rotatable bonds is 3. The van der Waals surface area contributed by atoms with E-state index in [1.165, 1.54) is 24.1 Å². The van der Waals surface area contributed by atoms with Crippen molar-refractivity contribution in [1.82, 2.24) is 15.5 Å². The molecule has 0 amide bonds. The van der Waals surface area contributed by atoms with E-state index in [0.717, 1.165) is 38.6 Å². The molecule has 0 radical (unpaired) electrons. The molecule has 2 aliphatic rings. The molecule has 19 heavy (non-hydrogen) atoms. The maximum Gasteiger partial charge on any atom is 0.0321 e. The van der Waals surface area contributed by atoms with Crippen LogP contribution in [0.4, 0.5) is 0 Å². The summed E-state index contributed by atoms with van der Waals surface area (Å²) in [6, 6.07) is 9.80. The molecule has 3 rings (SSSR count). The lowest BCUT2D eigenvalue weighted by molar-refractivity contribution is 0.185. The fourth-order valence-electron chi connectivity index (χ4n) is 3.29. The summed E-state index contributed by atoms with van der Waals surface area (Å²) in [5, 5.41) is 6.89. The average Bonchev–Trinajstić information content (AvgIpc) is 3.02. The zero-order valence-corrected chi connectivity index (χ0v) is 11.9. The summed E-state index contributed by atoms with van der Waals surface area (Å²) >= 11 is 0. The predicted molar refractivity (Wildman–Crippen MR) is 79.5 cm³/mol. The van der Waals surface area contributed by atoms with Crippen LogP contribution in [0.5, 0.6) is 0 Å². The molecule has 2 unspecified atom stereocenters. The lowest BCUT2D eigenvalue weighted by Crippen LogP contribution is -2.44. The summed E-state index contributed by atoms with van der Waals surface area (Å²) in [5.41, 5.74) is 3.00. The molecular weight excluding hydrogens is 234 g/mol. The molecular formula is C16H25N3. The van der Waals surface area contributed by atoms with Crippen LogP contribution in [0.2, 0.25) is 0 Å². The van der Waals surface area contributed by atoms with Gasteiger partial charge in [0, 0.05) is 38.8 Å². The number of benzene rings is 1.